The lowest BCUT2D eigenvalue weighted by Crippen LogP contribution is -2.22. The van der Waals surface area contributed by atoms with Gasteiger partial charge < -0.3 is 9.64 Å². The Morgan fingerprint density at radius 3 is 2.57 bits per heavy atom. The van der Waals surface area contributed by atoms with Crippen LogP contribution in [0.3, 0.4) is 0 Å². The number of hydrogen-bond acceptors (Lipinski definition) is 2. The lowest BCUT2D eigenvalue weighted by atomic mass is 10.2. The molecular weight excluding hydrogens is 174 g/mol. The Labute approximate surface area is 86.5 Å². The normalized spacial score (nSPS) is 9.93. The van der Waals surface area contributed by atoms with E-state index in [1.54, 1.807) is 0 Å². The van der Waals surface area contributed by atoms with Crippen LogP contribution >= 0.6 is 0 Å². The van der Waals surface area contributed by atoms with E-state index < -0.39 is 0 Å². The van der Waals surface area contributed by atoms with Gasteiger partial charge in [-0.1, -0.05) is 6.07 Å². The first kappa shape index (κ1) is 10.9. The molecule has 0 saturated carbocycles. The summed E-state index contributed by atoms with van der Waals surface area (Å²) in [6.07, 6.45) is 0. The van der Waals surface area contributed by atoms with E-state index in [1.807, 2.05) is 25.1 Å². The summed E-state index contributed by atoms with van der Waals surface area (Å²) in [7, 11) is 0. The van der Waals surface area contributed by atoms with E-state index in [0.717, 1.165) is 24.5 Å². The van der Waals surface area contributed by atoms with E-state index in [0.29, 0.717) is 6.61 Å². The van der Waals surface area contributed by atoms with Crippen LogP contribution in [0, 0.1) is 6.07 Å². The number of rotatable bonds is 5. The summed E-state index contributed by atoms with van der Waals surface area (Å²) in [5.41, 5.74) is 1.14. The molecule has 0 fully saturated rings. The van der Waals surface area contributed by atoms with Crippen molar-refractivity contribution in [2.45, 2.75) is 20.8 Å². The molecule has 0 atom stereocenters. The average Bonchev–Trinajstić information content (AvgIpc) is 2.23. The summed E-state index contributed by atoms with van der Waals surface area (Å²) in [6, 6.07) is 8.93. The Morgan fingerprint density at radius 1 is 1.29 bits per heavy atom. The molecule has 0 N–H and O–H groups in total. The highest BCUT2D eigenvalue weighted by Gasteiger charge is 2.07. The van der Waals surface area contributed by atoms with Crippen molar-refractivity contribution < 1.29 is 4.74 Å². The summed E-state index contributed by atoms with van der Waals surface area (Å²) in [5, 5.41) is 0. The molecule has 0 heterocycles. The molecule has 0 amide bonds. The fraction of sp³-hybridized carbons (Fsp3) is 0.500. The maximum atomic E-state index is 5.56. The first-order valence-electron chi connectivity index (χ1n) is 5.21. The van der Waals surface area contributed by atoms with Gasteiger partial charge in [0.15, 0.2) is 0 Å². The summed E-state index contributed by atoms with van der Waals surface area (Å²) in [6.45, 7) is 8.99. The van der Waals surface area contributed by atoms with Gasteiger partial charge in [0.25, 0.3) is 0 Å². The molecule has 1 aromatic carbocycles. The molecular formula is C12H18NO. The minimum atomic E-state index is 0.707. The largest absolute Gasteiger partial charge is 0.492 e. The third-order valence-corrected chi connectivity index (χ3v) is 2.21. The molecule has 2 nitrogen and oxygen atoms in total. The quantitative estimate of drug-likeness (QED) is 0.711. The smallest absolute Gasteiger partial charge is 0.142 e. The number of hydrogen-bond donors (Lipinski definition) is 0. The molecule has 14 heavy (non-hydrogen) atoms. The van der Waals surface area contributed by atoms with Crippen LogP contribution in [-0.4, -0.2) is 19.7 Å². The summed E-state index contributed by atoms with van der Waals surface area (Å²) in [4.78, 5) is 2.27. The standard InChI is InChI=1S/C12H18NO/c1-4-13(5-2)11-9-7-8-10-12(11)14-6-3/h8-10H,4-6H2,1-3H3. The third kappa shape index (κ3) is 2.41. The van der Waals surface area contributed by atoms with Gasteiger partial charge in [0.2, 0.25) is 0 Å². The van der Waals surface area contributed by atoms with Gasteiger partial charge in [-0.25, -0.2) is 0 Å². The molecule has 0 spiro atoms. The molecule has 1 rings (SSSR count). The zero-order chi connectivity index (χ0) is 10.4. The van der Waals surface area contributed by atoms with Crippen molar-refractivity contribution in [2.75, 3.05) is 24.6 Å². The molecule has 0 aromatic heterocycles. The van der Waals surface area contributed by atoms with Crippen molar-refractivity contribution in [1.82, 2.24) is 0 Å². The van der Waals surface area contributed by atoms with Crippen LogP contribution in [-0.2, 0) is 0 Å². The highest BCUT2D eigenvalue weighted by Crippen LogP contribution is 2.27. The fourth-order valence-electron chi connectivity index (χ4n) is 1.50. The molecule has 1 aromatic rings. The zero-order valence-corrected chi connectivity index (χ0v) is 9.21. The first-order valence-corrected chi connectivity index (χ1v) is 5.21. The van der Waals surface area contributed by atoms with Crippen molar-refractivity contribution in [3.63, 3.8) is 0 Å². The fourth-order valence-corrected chi connectivity index (χ4v) is 1.50. The van der Waals surface area contributed by atoms with E-state index in [2.05, 4.69) is 24.8 Å². The number of anilines is 1. The van der Waals surface area contributed by atoms with Crippen LogP contribution in [0.4, 0.5) is 5.69 Å². The Balaban J connectivity index is 2.92. The van der Waals surface area contributed by atoms with Crippen molar-refractivity contribution in [3.05, 3.63) is 24.3 Å². The van der Waals surface area contributed by atoms with Gasteiger partial charge >= 0.3 is 0 Å². The Morgan fingerprint density at radius 2 is 2.00 bits per heavy atom. The number of benzene rings is 1. The van der Waals surface area contributed by atoms with Gasteiger partial charge in [0.1, 0.15) is 5.75 Å². The minimum Gasteiger partial charge on any atom is -0.492 e. The molecule has 1 radical (unpaired) electrons. The van der Waals surface area contributed by atoms with Crippen molar-refractivity contribution >= 4 is 5.69 Å². The number of nitrogens with zero attached hydrogens (tertiary/aromatic N) is 1. The minimum absolute atomic E-state index is 0.707. The van der Waals surface area contributed by atoms with Gasteiger partial charge in [-0.15, -0.1) is 0 Å². The predicted octanol–water partition coefficient (Wildman–Crippen LogP) is 2.73. The van der Waals surface area contributed by atoms with Crippen LogP contribution in [0.2, 0.25) is 0 Å². The van der Waals surface area contributed by atoms with E-state index in [9.17, 15) is 0 Å². The van der Waals surface area contributed by atoms with Crippen molar-refractivity contribution in [1.29, 1.82) is 0 Å². The van der Waals surface area contributed by atoms with E-state index in [1.165, 1.54) is 0 Å². The molecule has 0 bridgehead atoms. The van der Waals surface area contributed by atoms with Crippen LogP contribution in [0.1, 0.15) is 20.8 Å². The maximum absolute atomic E-state index is 5.56. The summed E-state index contributed by atoms with van der Waals surface area (Å²) >= 11 is 0. The van der Waals surface area contributed by atoms with Crippen LogP contribution < -0.4 is 9.64 Å². The topological polar surface area (TPSA) is 12.5 Å². The average molecular weight is 192 g/mol. The van der Waals surface area contributed by atoms with E-state index in [4.69, 9.17) is 4.74 Å². The SMILES string of the molecule is CCOc1cc[c]cc1N(CC)CC. The van der Waals surface area contributed by atoms with Gasteiger partial charge in [-0.2, -0.15) is 0 Å². The first-order chi connectivity index (χ1) is 6.83. The summed E-state index contributed by atoms with van der Waals surface area (Å²) in [5.74, 6) is 0.954. The Hall–Kier alpha value is -1.18. The van der Waals surface area contributed by atoms with Gasteiger partial charge in [0.05, 0.1) is 12.3 Å². The second-order valence-corrected chi connectivity index (χ2v) is 3.00. The maximum Gasteiger partial charge on any atom is 0.142 e. The molecule has 77 valence electrons. The lowest BCUT2D eigenvalue weighted by molar-refractivity contribution is 0.340. The Kier molecular flexibility index (Phi) is 4.30. The Bertz CT molecular complexity index is 269. The van der Waals surface area contributed by atoms with Gasteiger partial charge in [-0.3, -0.25) is 0 Å². The highest BCUT2D eigenvalue weighted by molar-refractivity contribution is 5.57. The van der Waals surface area contributed by atoms with Crippen molar-refractivity contribution in [2.24, 2.45) is 0 Å². The predicted molar refractivity (Wildman–Crippen MR) is 60.0 cm³/mol. The third-order valence-electron chi connectivity index (χ3n) is 2.21. The van der Waals surface area contributed by atoms with Crippen molar-refractivity contribution in [3.8, 4) is 5.75 Å². The van der Waals surface area contributed by atoms with Crippen LogP contribution in [0.15, 0.2) is 18.2 Å². The monoisotopic (exact) mass is 192 g/mol. The van der Waals surface area contributed by atoms with E-state index >= 15 is 0 Å². The number of ether oxygens (including phenoxy) is 1. The zero-order valence-electron chi connectivity index (χ0n) is 9.21. The van der Waals surface area contributed by atoms with Crippen LogP contribution in [0.5, 0.6) is 5.75 Å². The molecule has 2 heteroatoms. The van der Waals surface area contributed by atoms with E-state index in [-0.39, 0.29) is 0 Å². The molecule has 0 unspecified atom stereocenters. The second-order valence-electron chi connectivity index (χ2n) is 3.00. The van der Waals surface area contributed by atoms with Gasteiger partial charge in [0, 0.05) is 13.1 Å². The van der Waals surface area contributed by atoms with Gasteiger partial charge in [-0.05, 0) is 39.0 Å². The molecule has 0 aliphatic rings. The molecule has 0 aliphatic carbocycles. The highest BCUT2D eigenvalue weighted by atomic mass is 16.5. The van der Waals surface area contributed by atoms with Crippen LogP contribution in [0.25, 0.3) is 0 Å². The molecule has 0 aliphatic heterocycles. The second kappa shape index (κ2) is 5.53. The molecule has 0 saturated heterocycles. The lowest BCUT2D eigenvalue weighted by Gasteiger charge is -2.23. The summed E-state index contributed by atoms with van der Waals surface area (Å²) < 4.78 is 5.56.